The molecule has 0 unspecified atom stereocenters. The molecule has 0 bridgehead atoms. The number of nitrogens with zero attached hydrogens (tertiary/aromatic N) is 4. The number of rotatable bonds is 3. The van der Waals surface area contributed by atoms with Crippen molar-refractivity contribution in [2.24, 2.45) is 0 Å². The molecule has 1 N–H and O–H groups in total. The summed E-state index contributed by atoms with van der Waals surface area (Å²) in [5, 5.41) is 15.5. The van der Waals surface area contributed by atoms with E-state index in [2.05, 4.69) is 37.3 Å². The lowest BCUT2D eigenvalue weighted by Gasteiger charge is -2.06. The van der Waals surface area contributed by atoms with Crippen LogP contribution in [0.2, 0.25) is 0 Å². The summed E-state index contributed by atoms with van der Waals surface area (Å²) in [4.78, 5) is 0. The van der Waals surface area contributed by atoms with Crippen LogP contribution >= 0.6 is 11.8 Å². The zero-order valence-electron chi connectivity index (χ0n) is 8.82. The van der Waals surface area contributed by atoms with E-state index in [4.69, 9.17) is 0 Å². The second kappa shape index (κ2) is 4.42. The maximum Gasteiger partial charge on any atom is 0.237 e. The fraction of sp³-hybridized carbons (Fsp3) is 0. The van der Waals surface area contributed by atoms with E-state index in [9.17, 15) is 0 Å². The Hall–Kier alpha value is -2.08. The van der Waals surface area contributed by atoms with Crippen LogP contribution in [0.25, 0.3) is 5.69 Å². The molecule has 1 aromatic carbocycles. The van der Waals surface area contributed by atoms with Gasteiger partial charge in [0.05, 0.1) is 5.03 Å². The summed E-state index contributed by atoms with van der Waals surface area (Å²) in [6.45, 7) is 0. The van der Waals surface area contributed by atoms with Crippen LogP contribution in [0.5, 0.6) is 0 Å². The normalized spacial score (nSPS) is 10.6. The lowest BCUT2D eigenvalue weighted by Crippen LogP contribution is -1.93. The third-order valence-electron chi connectivity index (χ3n) is 2.27. The Morgan fingerprint density at radius 2 is 1.94 bits per heavy atom. The summed E-state index contributed by atoms with van der Waals surface area (Å²) in [6.07, 6.45) is 2.01. The Balaban J connectivity index is 1.95. The van der Waals surface area contributed by atoms with Crippen LogP contribution in [0.15, 0.2) is 58.8 Å². The maximum absolute atomic E-state index is 3.93. The molecule has 17 heavy (non-hydrogen) atoms. The molecule has 3 aromatic rings. The highest BCUT2D eigenvalue weighted by molar-refractivity contribution is 7.99. The zero-order valence-corrected chi connectivity index (χ0v) is 9.63. The number of hydrogen-bond donors (Lipinski definition) is 1. The highest BCUT2D eigenvalue weighted by Gasteiger charge is 2.07. The first-order chi connectivity index (χ1) is 8.43. The van der Waals surface area contributed by atoms with Crippen LogP contribution in [0.4, 0.5) is 0 Å². The predicted molar refractivity (Wildman–Crippen MR) is 64.1 cm³/mol. The average molecular weight is 243 g/mol. The van der Waals surface area contributed by atoms with Crippen molar-refractivity contribution in [3.05, 3.63) is 48.7 Å². The van der Waals surface area contributed by atoms with Crippen molar-refractivity contribution in [1.29, 1.82) is 0 Å². The van der Waals surface area contributed by atoms with Crippen molar-refractivity contribution in [2.75, 3.05) is 0 Å². The Morgan fingerprint density at radius 3 is 2.71 bits per heavy atom. The van der Waals surface area contributed by atoms with Crippen LogP contribution in [0.3, 0.4) is 0 Å². The van der Waals surface area contributed by atoms with Crippen LogP contribution in [-0.2, 0) is 0 Å². The number of tetrazole rings is 1. The molecule has 0 aliphatic heterocycles. The quantitative estimate of drug-likeness (QED) is 0.765. The number of hydrogen-bond acceptors (Lipinski definition) is 4. The summed E-state index contributed by atoms with van der Waals surface area (Å²) >= 11 is 1.47. The smallest absolute Gasteiger partial charge is 0.237 e. The molecule has 2 aromatic heterocycles. The molecule has 3 rings (SSSR count). The fourth-order valence-corrected chi connectivity index (χ4v) is 2.31. The third kappa shape index (κ3) is 2.07. The first kappa shape index (κ1) is 10.1. The molecule has 0 spiro atoms. The first-order valence-electron chi connectivity index (χ1n) is 5.07. The SMILES string of the molecule is c1ccc(-n2cccc2Sc2nn[nH]n2)cc1. The van der Waals surface area contributed by atoms with Gasteiger partial charge in [0.1, 0.15) is 0 Å². The summed E-state index contributed by atoms with van der Waals surface area (Å²) in [6, 6.07) is 14.2. The molecule has 0 saturated heterocycles. The van der Waals surface area contributed by atoms with Gasteiger partial charge in [0.15, 0.2) is 0 Å². The van der Waals surface area contributed by atoms with Gasteiger partial charge in [0.2, 0.25) is 5.16 Å². The molecule has 0 fully saturated rings. The molecular weight excluding hydrogens is 234 g/mol. The van der Waals surface area contributed by atoms with Gasteiger partial charge in [-0.25, -0.2) is 0 Å². The van der Waals surface area contributed by atoms with Crippen molar-refractivity contribution in [3.63, 3.8) is 0 Å². The Kier molecular flexibility index (Phi) is 2.63. The standard InChI is InChI=1S/C11H9N5S/c1-2-5-9(6-3-1)16-8-4-7-10(16)17-11-12-14-15-13-11/h1-8H,(H,12,13,14,15). The number of aromatic nitrogens is 5. The van der Waals surface area contributed by atoms with E-state index >= 15 is 0 Å². The third-order valence-corrected chi connectivity index (χ3v) is 3.16. The lowest BCUT2D eigenvalue weighted by molar-refractivity contribution is 0.881. The van der Waals surface area contributed by atoms with Gasteiger partial charge >= 0.3 is 0 Å². The van der Waals surface area contributed by atoms with Gasteiger partial charge in [-0.05, 0) is 41.2 Å². The predicted octanol–water partition coefficient (Wildman–Crippen LogP) is 2.14. The molecule has 0 aliphatic carbocycles. The van der Waals surface area contributed by atoms with E-state index in [1.807, 2.05) is 36.5 Å². The second-order valence-corrected chi connectivity index (χ2v) is 4.34. The summed E-state index contributed by atoms with van der Waals surface area (Å²) in [7, 11) is 0. The van der Waals surface area contributed by atoms with Crippen LogP contribution < -0.4 is 0 Å². The van der Waals surface area contributed by atoms with Gasteiger partial charge in [0.25, 0.3) is 0 Å². The van der Waals surface area contributed by atoms with E-state index in [0.717, 1.165) is 10.7 Å². The number of para-hydroxylation sites is 1. The summed E-state index contributed by atoms with van der Waals surface area (Å²) in [5.41, 5.74) is 1.11. The minimum Gasteiger partial charge on any atom is -0.311 e. The number of aromatic amines is 1. The monoisotopic (exact) mass is 243 g/mol. The molecule has 84 valence electrons. The highest BCUT2D eigenvalue weighted by atomic mass is 32.2. The van der Waals surface area contributed by atoms with Crippen molar-refractivity contribution in [2.45, 2.75) is 10.2 Å². The van der Waals surface area contributed by atoms with E-state index in [-0.39, 0.29) is 0 Å². The van der Waals surface area contributed by atoms with Crippen LogP contribution in [-0.4, -0.2) is 25.2 Å². The van der Waals surface area contributed by atoms with Crippen molar-refractivity contribution in [1.82, 2.24) is 25.2 Å². The molecule has 0 amide bonds. The first-order valence-corrected chi connectivity index (χ1v) is 5.89. The summed E-state index contributed by atoms with van der Waals surface area (Å²) in [5.74, 6) is 0. The zero-order chi connectivity index (χ0) is 11.5. The Bertz CT molecular complexity index is 587. The van der Waals surface area contributed by atoms with Crippen molar-refractivity contribution < 1.29 is 0 Å². The highest BCUT2D eigenvalue weighted by Crippen LogP contribution is 2.26. The van der Waals surface area contributed by atoms with Crippen molar-refractivity contribution in [3.8, 4) is 5.69 Å². The summed E-state index contributed by atoms with van der Waals surface area (Å²) < 4.78 is 2.08. The molecule has 6 heteroatoms. The largest absolute Gasteiger partial charge is 0.311 e. The lowest BCUT2D eigenvalue weighted by atomic mass is 10.3. The average Bonchev–Trinajstić information content (AvgIpc) is 3.02. The molecule has 0 saturated carbocycles. The maximum atomic E-state index is 3.93. The van der Waals surface area contributed by atoms with E-state index in [1.165, 1.54) is 11.8 Å². The molecular formula is C11H9N5S. The number of H-pyrrole nitrogens is 1. The molecule has 0 radical (unpaired) electrons. The molecule has 5 nitrogen and oxygen atoms in total. The number of benzene rings is 1. The Morgan fingerprint density at radius 1 is 1.06 bits per heavy atom. The van der Waals surface area contributed by atoms with Gasteiger partial charge in [-0.3, -0.25) is 0 Å². The molecule has 0 atom stereocenters. The van der Waals surface area contributed by atoms with Gasteiger partial charge in [-0.15, -0.1) is 10.2 Å². The van der Waals surface area contributed by atoms with E-state index in [0.29, 0.717) is 5.16 Å². The van der Waals surface area contributed by atoms with E-state index in [1.54, 1.807) is 0 Å². The Labute approximate surface area is 102 Å². The number of nitrogens with one attached hydrogen (secondary N) is 1. The van der Waals surface area contributed by atoms with Gasteiger partial charge in [-0.1, -0.05) is 18.2 Å². The minimum absolute atomic E-state index is 0.612. The topological polar surface area (TPSA) is 59.4 Å². The molecule has 2 heterocycles. The fourth-order valence-electron chi connectivity index (χ4n) is 1.54. The van der Waals surface area contributed by atoms with Gasteiger partial charge in [0, 0.05) is 11.9 Å². The van der Waals surface area contributed by atoms with Gasteiger partial charge in [-0.2, -0.15) is 5.21 Å². The van der Waals surface area contributed by atoms with Crippen LogP contribution in [0, 0.1) is 0 Å². The van der Waals surface area contributed by atoms with E-state index < -0.39 is 0 Å². The van der Waals surface area contributed by atoms with Crippen LogP contribution in [0.1, 0.15) is 0 Å². The minimum atomic E-state index is 0.612. The van der Waals surface area contributed by atoms with Crippen molar-refractivity contribution >= 4 is 11.8 Å². The van der Waals surface area contributed by atoms with Gasteiger partial charge < -0.3 is 4.57 Å². The molecule has 0 aliphatic rings. The second-order valence-electron chi connectivity index (χ2n) is 3.35.